The molecule has 2 fully saturated rings. The van der Waals surface area contributed by atoms with Crippen LogP contribution in [0.25, 0.3) is 0 Å². The van der Waals surface area contributed by atoms with Gasteiger partial charge in [0.25, 0.3) is 8.32 Å². The number of fused-ring (bicyclic) bond motifs is 1. The molecule has 1 amide bonds. The molecular weight excluding hydrogens is 426 g/mol. The summed E-state index contributed by atoms with van der Waals surface area (Å²) >= 11 is 0. The number of carbonyl (C=O) groups excluding carboxylic acids is 1. The van der Waals surface area contributed by atoms with Crippen LogP contribution < -0.4 is 10.4 Å². The van der Waals surface area contributed by atoms with Gasteiger partial charge in [-0.25, -0.2) is 0 Å². The molecule has 0 radical (unpaired) electrons. The average Bonchev–Trinajstić information content (AvgIpc) is 3.11. The van der Waals surface area contributed by atoms with E-state index < -0.39 is 8.32 Å². The summed E-state index contributed by atoms with van der Waals surface area (Å²) in [5.41, 5.74) is -0.199. The van der Waals surface area contributed by atoms with E-state index in [1.54, 1.807) is 0 Å². The van der Waals surface area contributed by atoms with E-state index in [0.29, 0.717) is 6.61 Å². The summed E-state index contributed by atoms with van der Waals surface area (Å²) in [5.74, 6) is 0.268. The molecule has 33 heavy (non-hydrogen) atoms. The molecule has 0 bridgehead atoms. The van der Waals surface area contributed by atoms with Crippen LogP contribution >= 0.6 is 0 Å². The fraction of sp³-hybridized carbons (Fsp3) is 0.536. The predicted octanol–water partition coefficient (Wildman–Crippen LogP) is 4.37. The van der Waals surface area contributed by atoms with Crippen LogP contribution in [0.4, 0.5) is 0 Å². The lowest BCUT2D eigenvalue weighted by Crippen LogP contribution is -2.67. The van der Waals surface area contributed by atoms with Gasteiger partial charge >= 0.3 is 0 Å². The normalized spacial score (nSPS) is 23.4. The van der Waals surface area contributed by atoms with Crippen LogP contribution in [0.1, 0.15) is 54.4 Å². The number of rotatable bonds is 7. The molecule has 0 N–H and O–H groups in total. The van der Waals surface area contributed by atoms with Gasteiger partial charge in [-0.05, 0) is 49.0 Å². The zero-order valence-electron chi connectivity index (χ0n) is 21.0. The van der Waals surface area contributed by atoms with Gasteiger partial charge in [0.2, 0.25) is 5.91 Å². The summed E-state index contributed by atoms with van der Waals surface area (Å²) in [6, 6.07) is 21.6. The predicted molar refractivity (Wildman–Crippen MR) is 136 cm³/mol. The third-order valence-corrected chi connectivity index (χ3v) is 12.1. The van der Waals surface area contributed by atoms with Crippen molar-refractivity contribution in [2.45, 2.75) is 77.2 Å². The van der Waals surface area contributed by atoms with Crippen molar-refractivity contribution in [3.05, 3.63) is 60.7 Å². The molecule has 2 aliphatic rings. The van der Waals surface area contributed by atoms with Crippen molar-refractivity contribution in [1.29, 1.82) is 0 Å². The number of β-lactam (4-membered cyclic amide) rings is 1. The molecule has 2 aromatic rings. The van der Waals surface area contributed by atoms with Crippen LogP contribution in [0.2, 0.25) is 5.04 Å². The molecule has 0 aromatic heterocycles. The SMILES string of the molecule is CC(C)(C)O[C@H]1CCN2C(=O)[C@H](CCO[Si](c3ccccc3)(c3ccccc3)C(C)(C)C)[C@H]12. The molecule has 0 aliphatic carbocycles. The Hall–Kier alpha value is -1.95. The minimum absolute atomic E-state index is 0.00179. The first-order valence-electron chi connectivity index (χ1n) is 12.3. The lowest BCUT2D eigenvalue weighted by molar-refractivity contribution is -0.164. The summed E-state index contributed by atoms with van der Waals surface area (Å²) < 4.78 is 13.4. The van der Waals surface area contributed by atoms with Crippen molar-refractivity contribution in [2.24, 2.45) is 5.92 Å². The fourth-order valence-corrected chi connectivity index (χ4v) is 10.4. The number of carbonyl (C=O) groups is 1. The largest absolute Gasteiger partial charge is 0.407 e. The van der Waals surface area contributed by atoms with Gasteiger partial charge in [-0.2, -0.15) is 0 Å². The fourth-order valence-electron chi connectivity index (χ4n) is 5.77. The maximum absolute atomic E-state index is 12.9. The third-order valence-electron chi connectivity index (χ3n) is 7.08. The van der Waals surface area contributed by atoms with Crippen molar-refractivity contribution in [1.82, 2.24) is 4.90 Å². The minimum Gasteiger partial charge on any atom is -0.407 e. The summed E-state index contributed by atoms with van der Waals surface area (Å²) in [4.78, 5) is 14.9. The number of nitrogens with zero attached hydrogens (tertiary/aromatic N) is 1. The van der Waals surface area contributed by atoms with Crippen molar-refractivity contribution < 1.29 is 14.0 Å². The number of benzene rings is 2. The highest BCUT2D eigenvalue weighted by molar-refractivity contribution is 6.99. The van der Waals surface area contributed by atoms with Crippen LogP contribution in [0.5, 0.6) is 0 Å². The zero-order valence-corrected chi connectivity index (χ0v) is 22.0. The Morgan fingerprint density at radius 2 is 1.45 bits per heavy atom. The van der Waals surface area contributed by atoms with E-state index in [1.807, 2.05) is 4.90 Å². The van der Waals surface area contributed by atoms with Gasteiger partial charge in [-0.1, -0.05) is 81.4 Å². The molecule has 2 aromatic carbocycles. The van der Waals surface area contributed by atoms with Gasteiger partial charge in [0.05, 0.1) is 23.7 Å². The van der Waals surface area contributed by atoms with E-state index >= 15 is 0 Å². The van der Waals surface area contributed by atoms with E-state index in [1.165, 1.54) is 10.4 Å². The zero-order chi connectivity index (χ0) is 23.9. The summed E-state index contributed by atoms with van der Waals surface area (Å²) in [6.45, 7) is 14.6. The summed E-state index contributed by atoms with van der Waals surface area (Å²) in [6.07, 6.45) is 1.80. The van der Waals surface area contributed by atoms with Gasteiger partial charge in [-0.15, -0.1) is 0 Å². The Labute approximate surface area is 200 Å². The number of hydrogen-bond acceptors (Lipinski definition) is 3. The van der Waals surface area contributed by atoms with E-state index in [9.17, 15) is 4.79 Å². The minimum atomic E-state index is -2.57. The number of amides is 1. The highest BCUT2D eigenvalue weighted by Crippen LogP contribution is 2.41. The van der Waals surface area contributed by atoms with Gasteiger partial charge in [0.1, 0.15) is 0 Å². The molecule has 2 aliphatic heterocycles. The van der Waals surface area contributed by atoms with Crippen molar-refractivity contribution >= 4 is 24.6 Å². The molecule has 3 atom stereocenters. The Morgan fingerprint density at radius 3 is 1.94 bits per heavy atom. The van der Waals surface area contributed by atoms with Gasteiger partial charge in [0.15, 0.2) is 0 Å². The number of ether oxygens (including phenoxy) is 1. The second-order valence-electron chi connectivity index (χ2n) is 11.5. The van der Waals surface area contributed by atoms with E-state index in [0.717, 1.165) is 19.4 Å². The molecule has 0 unspecified atom stereocenters. The Morgan fingerprint density at radius 1 is 0.909 bits per heavy atom. The van der Waals surface area contributed by atoms with Crippen LogP contribution in [0.15, 0.2) is 60.7 Å². The Balaban J connectivity index is 1.57. The molecule has 2 saturated heterocycles. The van der Waals surface area contributed by atoms with Crippen LogP contribution in [-0.4, -0.2) is 50.0 Å². The van der Waals surface area contributed by atoms with Crippen LogP contribution in [-0.2, 0) is 14.0 Å². The standard InChI is InChI=1S/C28H39NO3Si/c1-27(2,3)32-24-17-19-29-25(24)23(26(29)30)18-20-31-33(28(4,5)6,21-13-9-7-10-14-21)22-15-11-8-12-16-22/h7-16,23-25H,17-20H2,1-6H3/t23-,24+,25-/m1/s1. The summed E-state index contributed by atoms with van der Waals surface area (Å²) in [5, 5.41) is 2.50. The first-order valence-corrected chi connectivity index (χ1v) is 14.2. The highest BCUT2D eigenvalue weighted by atomic mass is 28.4. The topological polar surface area (TPSA) is 38.8 Å². The maximum atomic E-state index is 12.9. The molecular formula is C28H39NO3Si. The highest BCUT2D eigenvalue weighted by Gasteiger charge is 2.56. The summed E-state index contributed by atoms with van der Waals surface area (Å²) in [7, 11) is -2.57. The van der Waals surface area contributed by atoms with E-state index in [-0.39, 0.29) is 34.6 Å². The van der Waals surface area contributed by atoms with E-state index in [4.69, 9.17) is 9.16 Å². The molecule has 4 nitrogen and oxygen atoms in total. The monoisotopic (exact) mass is 465 g/mol. The van der Waals surface area contributed by atoms with Gasteiger partial charge in [0, 0.05) is 13.2 Å². The molecule has 4 rings (SSSR count). The molecule has 0 spiro atoms. The van der Waals surface area contributed by atoms with Crippen LogP contribution in [0.3, 0.4) is 0 Å². The lowest BCUT2D eigenvalue weighted by Gasteiger charge is -2.47. The van der Waals surface area contributed by atoms with Gasteiger partial charge in [-0.3, -0.25) is 4.79 Å². The van der Waals surface area contributed by atoms with Crippen molar-refractivity contribution in [3.8, 4) is 0 Å². The Kier molecular flexibility index (Phi) is 6.60. The molecule has 5 heteroatoms. The smallest absolute Gasteiger partial charge is 0.261 e. The second kappa shape index (κ2) is 9.01. The maximum Gasteiger partial charge on any atom is 0.261 e. The third kappa shape index (κ3) is 4.55. The van der Waals surface area contributed by atoms with Crippen LogP contribution in [0, 0.1) is 5.92 Å². The van der Waals surface area contributed by atoms with E-state index in [2.05, 4.69) is 102 Å². The molecule has 2 heterocycles. The molecule has 178 valence electrons. The van der Waals surface area contributed by atoms with Crippen molar-refractivity contribution in [3.63, 3.8) is 0 Å². The second-order valence-corrected chi connectivity index (χ2v) is 15.8. The lowest BCUT2D eigenvalue weighted by atomic mass is 9.84. The average molecular weight is 466 g/mol. The first kappa shape index (κ1) is 24.2. The quantitative estimate of drug-likeness (QED) is 0.450. The van der Waals surface area contributed by atoms with Crippen molar-refractivity contribution in [2.75, 3.05) is 13.2 Å². The number of hydrogen-bond donors (Lipinski definition) is 0. The molecule has 0 saturated carbocycles. The first-order chi connectivity index (χ1) is 15.5. The van der Waals surface area contributed by atoms with Gasteiger partial charge < -0.3 is 14.1 Å². The Bertz CT molecular complexity index is 909.